The molecule has 32 heavy (non-hydrogen) atoms. The lowest BCUT2D eigenvalue weighted by molar-refractivity contribution is 0.186. The highest BCUT2D eigenvalue weighted by Crippen LogP contribution is 2.28. The summed E-state index contributed by atoms with van der Waals surface area (Å²) in [5.41, 5.74) is 4.51. The van der Waals surface area contributed by atoms with Crippen LogP contribution in [-0.4, -0.2) is 63.1 Å². The summed E-state index contributed by atoms with van der Waals surface area (Å²) in [5, 5.41) is 28.7. The number of fused-ring (bicyclic) bond motifs is 1. The minimum absolute atomic E-state index is 0.0655. The lowest BCUT2D eigenvalue weighted by atomic mass is 9.97. The quantitative estimate of drug-likeness (QED) is 0.618. The van der Waals surface area contributed by atoms with Crippen molar-refractivity contribution >= 4 is 0 Å². The lowest BCUT2D eigenvalue weighted by Crippen LogP contribution is -2.26. The van der Waals surface area contributed by atoms with E-state index in [4.69, 9.17) is 19.5 Å². The number of ether oxygens (including phenoxy) is 1. The fourth-order valence-corrected chi connectivity index (χ4v) is 3.26. The Morgan fingerprint density at radius 1 is 1.19 bits per heavy atom. The Morgan fingerprint density at radius 2 is 1.97 bits per heavy atom. The summed E-state index contributed by atoms with van der Waals surface area (Å²) in [6.45, 7) is 5.52. The highest BCUT2D eigenvalue weighted by molar-refractivity contribution is 5.62. The first kappa shape index (κ1) is 23.3. The standard InChI is InChI=1S/C21H21N5O2.C2H6O2/c1-13(2)27-20-17(10-22)9-18(11-23-20)21-24-19(25-28-21)15-4-5-16-12-26(3)7-6-14(16)8-15;3-1-2-4/h4-5,8-9,11,13H,6-7,12H2,1-3H3;3-4H,1-2H2. The third-order valence-electron chi connectivity index (χ3n) is 4.76. The molecule has 0 spiro atoms. The smallest absolute Gasteiger partial charge is 0.259 e. The number of hydrogen-bond acceptors (Lipinski definition) is 9. The highest BCUT2D eigenvalue weighted by atomic mass is 16.5. The molecule has 1 aromatic carbocycles. The first-order valence-electron chi connectivity index (χ1n) is 10.4. The molecule has 2 aromatic heterocycles. The van der Waals surface area contributed by atoms with E-state index in [-0.39, 0.29) is 19.3 Å². The third kappa shape index (κ3) is 5.68. The van der Waals surface area contributed by atoms with Crippen LogP contribution in [0, 0.1) is 11.3 Å². The fourth-order valence-electron chi connectivity index (χ4n) is 3.26. The van der Waals surface area contributed by atoms with Crippen LogP contribution in [0.25, 0.3) is 22.8 Å². The molecule has 0 fully saturated rings. The monoisotopic (exact) mass is 437 g/mol. The van der Waals surface area contributed by atoms with Gasteiger partial charge in [-0.25, -0.2) is 4.98 Å². The van der Waals surface area contributed by atoms with Crippen LogP contribution < -0.4 is 4.74 Å². The zero-order valence-electron chi connectivity index (χ0n) is 18.4. The number of pyridine rings is 1. The molecule has 0 atom stereocenters. The van der Waals surface area contributed by atoms with Crippen molar-refractivity contribution in [2.45, 2.75) is 32.9 Å². The molecule has 168 valence electrons. The van der Waals surface area contributed by atoms with E-state index in [0.29, 0.717) is 28.7 Å². The number of likely N-dealkylation sites (N-methyl/N-ethyl adjacent to an activating group) is 1. The van der Waals surface area contributed by atoms with E-state index >= 15 is 0 Å². The summed E-state index contributed by atoms with van der Waals surface area (Å²) in [6.07, 6.45) is 2.53. The van der Waals surface area contributed by atoms with Gasteiger partial charge in [0.1, 0.15) is 11.6 Å². The van der Waals surface area contributed by atoms with E-state index in [2.05, 4.69) is 45.3 Å². The van der Waals surface area contributed by atoms with Gasteiger partial charge in [-0.1, -0.05) is 17.3 Å². The van der Waals surface area contributed by atoms with E-state index in [1.807, 2.05) is 19.9 Å². The number of nitriles is 1. The van der Waals surface area contributed by atoms with Crippen LogP contribution in [-0.2, 0) is 13.0 Å². The van der Waals surface area contributed by atoms with Crippen molar-refractivity contribution in [2.24, 2.45) is 0 Å². The van der Waals surface area contributed by atoms with Crippen LogP contribution in [0.3, 0.4) is 0 Å². The topological polar surface area (TPSA) is 129 Å². The van der Waals surface area contributed by atoms with Gasteiger partial charge in [0.15, 0.2) is 0 Å². The number of rotatable bonds is 5. The van der Waals surface area contributed by atoms with Gasteiger partial charge >= 0.3 is 0 Å². The molecule has 2 N–H and O–H groups in total. The van der Waals surface area contributed by atoms with E-state index in [1.165, 1.54) is 11.1 Å². The Kier molecular flexibility index (Phi) is 7.89. The average Bonchev–Trinajstić information content (AvgIpc) is 3.29. The minimum atomic E-state index is -0.125. The van der Waals surface area contributed by atoms with Crippen LogP contribution >= 0.6 is 0 Å². The van der Waals surface area contributed by atoms with Crippen LogP contribution in [0.1, 0.15) is 30.5 Å². The van der Waals surface area contributed by atoms with E-state index in [0.717, 1.165) is 25.1 Å². The zero-order chi connectivity index (χ0) is 23.1. The SMILES string of the molecule is CC(C)Oc1ncc(-c2nc(-c3ccc4c(c3)CCN(C)C4)no2)cc1C#N.OCCO. The van der Waals surface area contributed by atoms with Crippen molar-refractivity contribution in [1.29, 1.82) is 5.26 Å². The van der Waals surface area contributed by atoms with Gasteiger partial charge in [0.25, 0.3) is 5.89 Å². The van der Waals surface area contributed by atoms with Crippen LogP contribution in [0.4, 0.5) is 0 Å². The predicted octanol–water partition coefficient (Wildman–Crippen LogP) is 2.42. The highest BCUT2D eigenvalue weighted by Gasteiger charge is 2.18. The molecule has 0 saturated heterocycles. The summed E-state index contributed by atoms with van der Waals surface area (Å²) in [6, 6.07) is 10.0. The Balaban J connectivity index is 0.000000668. The molecular formula is C23H27N5O4. The first-order valence-corrected chi connectivity index (χ1v) is 10.4. The molecule has 9 heteroatoms. The van der Waals surface area contributed by atoms with Gasteiger partial charge < -0.3 is 24.4 Å². The Bertz CT molecular complexity index is 1090. The Hall–Kier alpha value is -3.32. The van der Waals surface area contributed by atoms with Crippen molar-refractivity contribution < 1.29 is 19.5 Å². The molecule has 9 nitrogen and oxygen atoms in total. The van der Waals surface area contributed by atoms with Gasteiger partial charge in [0, 0.05) is 24.8 Å². The number of aromatic nitrogens is 3. The lowest BCUT2D eigenvalue weighted by Gasteiger charge is -2.25. The summed E-state index contributed by atoms with van der Waals surface area (Å²) in [7, 11) is 2.13. The van der Waals surface area contributed by atoms with Crippen molar-refractivity contribution in [3.63, 3.8) is 0 Å². The second-order valence-corrected chi connectivity index (χ2v) is 7.70. The fraction of sp³-hybridized carbons (Fsp3) is 0.391. The van der Waals surface area contributed by atoms with Gasteiger partial charge in [-0.2, -0.15) is 10.2 Å². The molecule has 1 aliphatic heterocycles. The average molecular weight is 438 g/mol. The normalized spacial score (nSPS) is 13.2. The summed E-state index contributed by atoms with van der Waals surface area (Å²) in [5.74, 6) is 1.16. The van der Waals surface area contributed by atoms with Crippen molar-refractivity contribution in [2.75, 3.05) is 26.8 Å². The van der Waals surface area contributed by atoms with Gasteiger partial charge in [-0.05, 0) is 50.6 Å². The maximum absolute atomic E-state index is 9.38. The second kappa shape index (κ2) is 10.8. The number of benzene rings is 1. The molecule has 0 aliphatic carbocycles. The third-order valence-corrected chi connectivity index (χ3v) is 4.76. The molecule has 3 aromatic rings. The summed E-state index contributed by atoms with van der Waals surface area (Å²) in [4.78, 5) is 11.0. The zero-order valence-corrected chi connectivity index (χ0v) is 18.4. The molecule has 0 radical (unpaired) electrons. The first-order chi connectivity index (χ1) is 15.4. The summed E-state index contributed by atoms with van der Waals surface area (Å²) < 4.78 is 11.0. The van der Waals surface area contributed by atoms with Gasteiger partial charge in [-0.15, -0.1) is 0 Å². The maximum Gasteiger partial charge on any atom is 0.259 e. The molecule has 0 saturated carbocycles. The van der Waals surface area contributed by atoms with Crippen LogP contribution in [0.15, 0.2) is 35.0 Å². The molecule has 0 bridgehead atoms. The number of hydrogen-bond donors (Lipinski definition) is 2. The van der Waals surface area contributed by atoms with Crippen molar-refractivity contribution in [1.82, 2.24) is 20.0 Å². The van der Waals surface area contributed by atoms with Crippen LogP contribution in [0.2, 0.25) is 0 Å². The largest absolute Gasteiger partial charge is 0.474 e. The van der Waals surface area contributed by atoms with E-state index in [1.54, 1.807) is 12.3 Å². The molecule has 3 heterocycles. The molecule has 0 unspecified atom stereocenters. The number of nitrogens with zero attached hydrogens (tertiary/aromatic N) is 5. The number of aliphatic hydroxyl groups is 2. The minimum Gasteiger partial charge on any atom is -0.474 e. The van der Waals surface area contributed by atoms with Gasteiger partial charge in [0.2, 0.25) is 11.7 Å². The van der Waals surface area contributed by atoms with Gasteiger partial charge in [0.05, 0.1) is 24.9 Å². The Labute approximate surface area is 186 Å². The molecule has 4 rings (SSSR count). The maximum atomic E-state index is 9.38. The van der Waals surface area contributed by atoms with Crippen molar-refractivity contribution in [3.05, 3.63) is 47.2 Å². The predicted molar refractivity (Wildman–Crippen MR) is 118 cm³/mol. The van der Waals surface area contributed by atoms with E-state index in [9.17, 15) is 5.26 Å². The Morgan fingerprint density at radius 3 is 2.66 bits per heavy atom. The second-order valence-electron chi connectivity index (χ2n) is 7.70. The van der Waals surface area contributed by atoms with E-state index < -0.39 is 0 Å². The van der Waals surface area contributed by atoms with Gasteiger partial charge in [-0.3, -0.25) is 0 Å². The molecule has 1 aliphatic rings. The summed E-state index contributed by atoms with van der Waals surface area (Å²) >= 11 is 0. The molecular weight excluding hydrogens is 410 g/mol. The van der Waals surface area contributed by atoms with Crippen molar-refractivity contribution in [3.8, 4) is 34.8 Å². The van der Waals surface area contributed by atoms with Crippen LogP contribution in [0.5, 0.6) is 5.88 Å². The number of aliphatic hydroxyl groups excluding tert-OH is 2. The molecule has 0 amide bonds.